The van der Waals surface area contributed by atoms with Gasteiger partial charge in [0.2, 0.25) is 5.88 Å². The fourth-order valence-corrected chi connectivity index (χ4v) is 2.08. The Bertz CT molecular complexity index is 385. The first-order valence-electron chi connectivity index (χ1n) is 6.14. The van der Waals surface area contributed by atoms with Crippen LogP contribution < -0.4 is 15.8 Å². The Balaban J connectivity index is 2.14. The van der Waals surface area contributed by atoms with Gasteiger partial charge in [0.25, 0.3) is 0 Å². The highest BCUT2D eigenvalue weighted by molar-refractivity contribution is 5.42. The Kier molecular flexibility index (Phi) is 3.47. The molecule has 0 bridgehead atoms. The number of rotatable bonds is 5. The number of nitrogens with one attached hydrogen (secondary N) is 1. The van der Waals surface area contributed by atoms with Gasteiger partial charge in [-0.15, -0.1) is 0 Å². The summed E-state index contributed by atoms with van der Waals surface area (Å²) in [6.45, 7) is 5.05. The molecule has 0 radical (unpaired) electrons. The zero-order valence-electron chi connectivity index (χ0n) is 10.5. The summed E-state index contributed by atoms with van der Waals surface area (Å²) in [4.78, 5) is 8.59. The average molecular weight is 236 g/mol. The minimum atomic E-state index is 0.0320. The van der Waals surface area contributed by atoms with Gasteiger partial charge >= 0.3 is 0 Å². The molecule has 1 aromatic heterocycles. The van der Waals surface area contributed by atoms with Crippen LogP contribution in [0, 0.1) is 6.92 Å². The van der Waals surface area contributed by atoms with Crippen LogP contribution in [0.25, 0.3) is 0 Å². The Labute approximate surface area is 102 Å². The largest absolute Gasteiger partial charge is 0.478 e. The molecule has 1 saturated carbocycles. The van der Waals surface area contributed by atoms with Gasteiger partial charge < -0.3 is 15.8 Å². The van der Waals surface area contributed by atoms with E-state index in [-0.39, 0.29) is 5.54 Å². The number of hydrogen-bond donors (Lipinski definition) is 2. The zero-order valence-corrected chi connectivity index (χ0v) is 10.5. The second-order valence-corrected chi connectivity index (χ2v) is 4.53. The molecule has 1 aliphatic carbocycles. The van der Waals surface area contributed by atoms with E-state index < -0.39 is 0 Å². The predicted molar refractivity (Wildman–Crippen MR) is 67.2 cm³/mol. The summed E-state index contributed by atoms with van der Waals surface area (Å²) in [5.74, 6) is 2.14. The SMILES string of the molecule is CCOc1cc(NC2(CN)CCC2)nc(C)n1. The number of anilines is 1. The first-order valence-corrected chi connectivity index (χ1v) is 6.14. The maximum Gasteiger partial charge on any atom is 0.218 e. The molecular formula is C12H20N4O. The third kappa shape index (κ3) is 2.66. The van der Waals surface area contributed by atoms with E-state index in [0.717, 1.165) is 18.7 Å². The molecule has 1 aliphatic rings. The number of nitrogens with two attached hydrogens (primary N) is 1. The fourth-order valence-electron chi connectivity index (χ4n) is 2.08. The molecule has 2 rings (SSSR count). The average Bonchev–Trinajstić information content (AvgIpc) is 2.23. The quantitative estimate of drug-likeness (QED) is 0.810. The molecular weight excluding hydrogens is 216 g/mol. The number of hydrogen-bond acceptors (Lipinski definition) is 5. The Hall–Kier alpha value is -1.36. The second kappa shape index (κ2) is 4.87. The molecule has 0 saturated heterocycles. The molecule has 3 N–H and O–H groups in total. The van der Waals surface area contributed by atoms with Crippen LogP contribution >= 0.6 is 0 Å². The minimum Gasteiger partial charge on any atom is -0.478 e. The van der Waals surface area contributed by atoms with E-state index in [2.05, 4.69) is 15.3 Å². The molecule has 0 aliphatic heterocycles. The Morgan fingerprint density at radius 1 is 1.47 bits per heavy atom. The van der Waals surface area contributed by atoms with Crippen molar-refractivity contribution in [1.29, 1.82) is 0 Å². The van der Waals surface area contributed by atoms with Crippen molar-refractivity contribution in [3.8, 4) is 5.88 Å². The molecule has 0 amide bonds. The molecule has 17 heavy (non-hydrogen) atoms. The lowest BCUT2D eigenvalue weighted by molar-refractivity contribution is 0.285. The summed E-state index contributed by atoms with van der Waals surface area (Å²) in [6, 6.07) is 1.84. The molecule has 0 atom stereocenters. The van der Waals surface area contributed by atoms with E-state index in [1.54, 1.807) is 0 Å². The standard InChI is InChI=1S/C12H20N4O/c1-3-17-11-7-10(14-9(2)15-11)16-12(8-13)5-4-6-12/h7H,3-6,8,13H2,1-2H3,(H,14,15,16). The summed E-state index contributed by atoms with van der Waals surface area (Å²) in [5, 5.41) is 3.43. The molecule has 0 spiro atoms. The van der Waals surface area contributed by atoms with Gasteiger partial charge in [-0.3, -0.25) is 0 Å². The molecule has 0 unspecified atom stereocenters. The second-order valence-electron chi connectivity index (χ2n) is 4.53. The maximum atomic E-state index is 5.81. The van der Waals surface area contributed by atoms with Crippen molar-refractivity contribution in [3.63, 3.8) is 0 Å². The number of nitrogens with zero attached hydrogens (tertiary/aromatic N) is 2. The van der Waals surface area contributed by atoms with Crippen molar-refractivity contribution in [1.82, 2.24) is 9.97 Å². The van der Waals surface area contributed by atoms with Crippen molar-refractivity contribution >= 4 is 5.82 Å². The van der Waals surface area contributed by atoms with Gasteiger partial charge in [0.15, 0.2) is 0 Å². The van der Waals surface area contributed by atoms with Crippen molar-refractivity contribution in [2.75, 3.05) is 18.5 Å². The lowest BCUT2D eigenvalue weighted by Gasteiger charge is -2.42. The summed E-state index contributed by atoms with van der Waals surface area (Å²) >= 11 is 0. The summed E-state index contributed by atoms with van der Waals surface area (Å²) in [6.07, 6.45) is 3.44. The maximum absolute atomic E-state index is 5.81. The van der Waals surface area contributed by atoms with Crippen LogP contribution in [0.3, 0.4) is 0 Å². The van der Waals surface area contributed by atoms with Crippen LogP contribution in [-0.2, 0) is 0 Å². The third-order valence-electron chi connectivity index (χ3n) is 3.20. The first kappa shape index (κ1) is 12.1. The van der Waals surface area contributed by atoms with Gasteiger partial charge in [-0.25, -0.2) is 4.98 Å². The van der Waals surface area contributed by atoms with Gasteiger partial charge in [-0.05, 0) is 33.1 Å². The van der Waals surface area contributed by atoms with E-state index in [1.807, 2.05) is 19.9 Å². The van der Waals surface area contributed by atoms with Gasteiger partial charge in [-0.1, -0.05) is 0 Å². The van der Waals surface area contributed by atoms with Crippen LogP contribution in [0.2, 0.25) is 0 Å². The normalized spacial score (nSPS) is 17.4. The van der Waals surface area contributed by atoms with Gasteiger partial charge in [-0.2, -0.15) is 4.98 Å². The minimum absolute atomic E-state index is 0.0320. The lowest BCUT2D eigenvalue weighted by atomic mass is 9.77. The molecule has 5 nitrogen and oxygen atoms in total. The van der Waals surface area contributed by atoms with E-state index in [0.29, 0.717) is 24.9 Å². The predicted octanol–water partition coefficient (Wildman–Crippen LogP) is 1.48. The number of ether oxygens (including phenoxy) is 1. The van der Waals surface area contributed by atoms with E-state index in [9.17, 15) is 0 Å². The lowest BCUT2D eigenvalue weighted by Crippen LogP contribution is -2.51. The van der Waals surface area contributed by atoms with E-state index in [4.69, 9.17) is 10.5 Å². The zero-order chi connectivity index (χ0) is 12.3. The third-order valence-corrected chi connectivity index (χ3v) is 3.20. The molecule has 5 heteroatoms. The smallest absolute Gasteiger partial charge is 0.218 e. The van der Waals surface area contributed by atoms with Crippen LogP contribution in [0.5, 0.6) is 5.88 Å². The van der Waals surface area contributed by atoms with Crippen molar-refractivity contribution in [2.45, 2.75) is 38.6 Å². The molecule has 94 valence electrons. The van der Waals surface area contributed by atoms with Crippen LogP contribution in [0.4, 0.5) is 5.82 Å². The topological polar surface area (TPSA) is 73.1 Å². The van der Waals surface area contributed by atoms with Crippen LogP contribution in [0.15, 0.2) is 6.07 Å². The van der Waals surface area contributed by atoms with Crippen LogP contribution in [0.1, 0.15) is 32.0 Å². The first-order chi connectivity index (χ1) is 8.17. The number of aromatic nitrogens is 2. The molecule has 1 heterocycles. The fraction of sp³-hybridized carbons (Fsp3) is 0.667. The van der Waals surface area contributed by atoms with E-state index in [1.165, 1.54) is 6.42 Å². The van der Waals surface area contributed by atoms with Crippen molar-refractivity contribution in [2.24, 2.45) is 5.73 Å². The summed E-state index contributed by atoms with van der Waals surface area (Å²) < 4.78 is 5.40. The van der Waals surface area contributed by atoms with Gasteiger partial charge in [0.1, 0.15) is 11.6 Å². The molecule has 1 aromatic rings. The highest BCUT2D eigenvalue weighted by Crippen LogP contribution is 2.34. The monoisotopic (exact) mass is 236 g/mol. The molecule has 0 aromatic carbocycles. The van der Waals surface area contributed by atoms with Crippen molar-refractivity contribution in [3.05, 3.63) is 11.9 Å². The van der Waals surface area contributed by atoms with Crippen molar-refractivity contribution < 1.29 is 4.74 Å². The van der Waals surface area contributed by atoms with Gasteiger partial charge in [0.05, 0.1) is 12.1 Å². The van der Waals surface area contributed by atoms with Gasteiger partial charge in [0, 0.05) is 12.6 Å². The Morgan fingerprint density at radius 3 is 2.76 bits per heavy atom. The van der Waals surface area contributed by atoms with Crippen LogP contribution in [-0.4, -0.2) is 28.7 Å². The summed E-state index contributed by atoms with van der Waals surface area (Å²) in [5.41, 5.74) is 5.85. The Morgan fingerprint density at radius 2 is 2.24 bits per heavy atom. The summed E-state index contributed by atoms with van der Waals surface area (Å²) in [7, 11) is 0. The van der Waals surface area contributed by atoms with E-state index >= 15 is 0 Å². The highest BCUT2D eigenvalue weighted by Gasteiger charge is 2.35. The number of aryl methyl sites for hydroxylation is 1. The highest BCUT2D eigenvalue weighted by atomic mass is 16.5. The molecule has 1 fully saturated rings.